The molecule has 0 aliphatic heterocycles. The van der Waals surface area contributed by atoms with Crippen LogP contribution >= 0.6 is 0 Å². The number of rotatable bonds is 4. The molecule has 6 heteroatoms. The van der Waals surface area contributed by atoms with Crippen LogP contribution in [0, 0.1) is 0 Å². The smallest absolute Gasteiger partial charge is 0.417 e. The van der Waals surface area contributed by atoms with E-state index in [4.69, 9.17) is 9.84 Å². The van der Waals surface area contributed by atoms with Crippen LogP contribution in [0.15, 0.2) is 18.2 Å². The Hall–Kier alpha value is -1.27. The summed E-state index contributed by atoms with van der Waals surface area (Å²) in [7, 11) is 1.89. The van der Waals surface area contributed by atoms with E-state index in [0.717, 1.165) is 24.8 Å². The number of nitrogens with one attached hydrogen (secondary N) is 1. The average Bonchev–Trinajstić information content (AvgIpc) is 2.42. The second-order valence-corrected chi connectivity index (χ2v) is 4.96. The standard InChI is InChI=1S/C14H18F3NO2/c1-18-12-4-2-3-9-7-10(5-6-11(9)12)20-8-13(19)14(15,16)17/h5-7,12-13,18-19H,2-4,8H2,1H3. The third kappa shape index (κ3) is 3.43. The summed E-state index contributed by atoms with van der Waals surface area (Å²) in [4.78, 5) is 0. The molecule has 0 fully saturated rings. The molecule has 2 atom stereocenters. The van der Waals surface area contributed by atoms with Crippen LogP contribution in [0.4, 0.5) is 13.2 Å². The maximum atomic E-state index is 12.2. The van der Waals surface area contributed by atoms with Crippen LogP contribution in [0.1, 0.15) is 30.0 Å². The fraction of sp³-hybridized carbons (Fsp3) is 0.571. The van der Waals surface area contributed by atoms with E-state index in [1.165, 1.54) is 5.56 Å². The molecule has 3 nitrogen and oxygen atoms in total. The zero-order valence-corrected chi connectivity index (χ0v) is 11.2. The Balaban J connectivity index is 2.04. The second-order valence-electron chi connectivity index (χ2n) is 4.96. The molecule has 2 unspecified atom stereocenters. The van der Waals surface area contributed by atoms with Crippen molar-refractivity contribution in [2.45, 2.75) is 37.6 Å². The number of halogens is 3. The lowest BCUT2D eigenvalue weighted by Crippen LogP contribution is -2.34. The minimum atomic E-state index is -4.65. The summed E-state index contributed by atoms with van der Waals surface area (Å²) in [5.74, 6) is 0.365. The Labute approximate surface area is 115 Å². The summed E-state index contributed by atoms with van der Waals surface area (Å²) < 4.78 is 41.6. The molecule has 2 N–H and O–H groups in total. The molecule has 1 aromatic rings. The van der Waals surface area contributed by atoms with Gasteiger partial charge < -0.3 is 15.2 Å². The number of hydrogen-bond donors (Lipinski definition) is 2. The van der Waals surface area contributed by atoms with Crippen LogP contribution in [0.25, 0.3) is 0 Å². The Bertz CT molecular complexity index is 462. The van der Waals surface area contributed by atoms with Gasteiger partial charge in [-0.2, -0.15) is 13.2 Å². The molecule has 1 aromatic carbocycles. The van der Waals surface area contributed by atoms with Crippen molar-refractivity contribution in [1.82, 2.24) is 5.32 Å². The van der Waals surface area contributed by atoms with E-state index in [9.17, 15) is 13.2 Å². The average molecular weight is 289 g/mol. The third-order valence-corrected chi connectivity index (χ3v) is 3.56. The van der Waals surface area contributed by atoms with Gasteiger partial charge in [0, 0.05) is 6.04 Å². The van der Waals surface area contributed by atoms with Gasteiger partial charge in [-0.15, -0.1) is 0 Å². The van der Waals surface area contributed by atoms with Crippen molar-refractivity contribution in [3.05, 3.63) is 29.3 Å². The number of aryl methyl sites for hydroxylation is 1. The molecule has 0 radical (unpaired) electrons. The SMILES string of the molecule is CNC1CCCc2cc(OCC(O)C(F)(F)F)ccc21. The van der Waals surface area contributed by atoms with Gasteiger partial charge in [0.1, 0.15) is 12.4 Å². The van der Waals surface area contributed by atoms with Crippen molar-refractivity contribution < 1.29 is 23.0 Å². The van der Waals surface area contributed by atoms with E-state index in [1.807, 2.05) is 13.1 Å². The molecule has 2 rings (SSSR count). The van der Waals surface area contributed by atoms with Crippen LogP contribution in [0.3, 0.4) is 0 Å². The van der Waals surface area contributed by atoms with Crippen LogP contribution < -0.4 is 10.1 Å². The lowest BCUT2D eigenvalue weighted by atomic mass is 9.87. The van der Waals surface area contributed by atoms with E-state index in [-0.39, 0.29) is 6.04 Å². The quantitative estimate of drug-likeness (QED) is 0.895. The van der Waals surface area contributed by atoms with Gasteiger partial charge in [0.15, 0.2) is 6.10 Å². The summed E-state index contributed by atoms with van der Waals surface area (Å²) in [6, 6.07) is 5.58. The first kappa shape index (κ1) is 15.1. The molecule has 0 aromatic heterocycles. The van der Waals surface area contributed by atoms with Crippen LogP contribution in [0.5, 0.6) is 5.75 Å². The van der Waals surface area contributed by atoms with Gasteiger partial charge in [-0.05, 0) is 49.6 Å². The normalized spacial score (nSPS) is 20.4. The summed E-state index contributed by atoms with van der Waals surface area (Å²) in [5.41, 5.74) is 2.26. The minimum absolute atomic E-state index is 0.286. The largest absolute Gasteiger partial charge is 0.491 e. The molecule has 0 saturated carbocycles. The highest BCUT2D eigenvalue weighted by Crippen LogP contribution is 2.32. The van der Waals surface area contributed by atoms with E-state index < -0.39 is 18.9 Å². The summed E-state index contributed by atoms with van der Waals surface area (Å²) in [6.07, 6.45) is -4.12. The molecule has 0 amide bonds. The molecule has 1 aliphatic rings. The molecule has 0 saturated heterocycles. The Morgan fingerprint density at radius 3 is 2.85 bits per heavy atom. The van der Waals surface area contributed by atoms with Gasteiger partial charge in [0.05, 0.1) is 0 Å². The molecular weight excluding hydrogens is 271 g/mol. The first-order chi connectivity index (χ1) is 9.41. The number of benzene rings is 1. The lowest BCUT2D eigenvalue weighted by molar-refractivity contribution is -0.210. The van der Waals surface area contributed by atoms with Crippen LogP contribution in [-0.2, 0) is 6.42 Å². The zero-order chi connectivity index (χ0) is 14.8. The van der Waals surface area contributed by atoms with Crippen molar-refractivity contribution in [3.63, 3.8) is 0 Å². The number of ether oxygens (including phenoxy) is 1. The van der Waals surface area contributed by atoms with Gasteiger partial charge >= 0.3 is 6.18 Å². The highest BCUT2D eigenvalue weighted by atomic mass is 19.4. The number of alkyl halides is 3. The van der Waals surface area contributed by atoms with E-state index in [0.29, 0.717) is 5.75 Å². The number of fused-ring (bicyclic) bond motifs is 1. The number of hydrogen-bond acceptors (Lipinski definition) is 3. The van der Waals surface area contributed by atoms with Gasteiger partial charge in [0.2, 0.25) is 0 Å². The van der Waals surface area contributed by atoms with E-state index in [2.05, 4.69) is 5.32 Å². The topological polar surface area (TPSA) is 41.5 Å². The molecular formula is C14H18F3NO2. The predicted octanol–water partition coefficient (Wildman–Crippen LogP) is 2.59. The maximum Gasteiger partial charge on any atom is 0.417 e. The predicted molar refractivity (Wildman–Crippen MR) is 68.7 cm³/mol. The highest BCUT2D eigenvalue weighted by molar-refractivity contribution is 5.39. The molecule has 1 aliphatic carbocycles. The van der Waals surface area contributed by atoms with Gasteiger partial charge in [-0.3, -0.25) is 0 Å². The Kier molecular flexibility index (Phi) is 4.55. The van der Waals surface area contributed by atoms with Crippen molar-refractivity contribution in [3.8, 4) is 5.75 Å². The Morgan fingerprint density at radius 2 is 2.20 bits per heavy atom. The fourth-order valence-corrected chi connectivity index (χ4v) is 2.45. The summed E-state index contributed by atoms with van der Waals surface area (Å²) in [6.45, 7) is -0.780. The number of aliphatic hydroxyl groups is 1. The van der Waals surface area contributed by atoms with Gasteiger partial charge in [-0.25, -0.2) is 0 Å². The molecule has 20 heavy (non-hydrogen) atoms. The summed E-state index contributed by atoms with van der Waals surface area (Å²) >= 11 is 0. The maximum absolute atomic E-state index is 12.2. The minimum Gasteiger partial charge on any atom is -0.491 e. The monoisotopic (exact) mass is 289 g/mol. The molecule has 0 heterocycles. The first-order valence-corrected chi connectivity index (χ1v) is 6.59. The zero-order valence-electron chi connectivity index (χ0n) is 11.2. The van der Waals surface area contributed by atoms with E-state index in [1.54, 1.807) is 12.1 Å². The lowest BCUT2D eigenvalue weighted by Gasteiger charge is -2.25. The van der Waals surface area contributed by atoms with Crippen molar-refractivity contribution in [2.24, 2.45) is 0 Å². The third-order valence-electron chi connectivity index (χ3n) is 3.56. The highest BCUT2D eigenvalue weighted by Gasteiger charge is 2.38. The molecule has 112 valence electrons. The van der Waals surface area contributed by atoms with Crippen molar-refractivity contribution in [2.75, 3.05) is 13.7 Å². The van der Waals surface area contributed by atoms with Crippen LogP contribution in [0.2, 0.25) is 0 Å². The number of aliphatic hydroxyl groups excluding tert-OH is 1. The second kappa shape index (κ2) is 6.01. The van der Waals surface area contributed by atoms with Crippen molar-refractivity contribution >= 4 is 0 Å². The fourth-order valence-electron chi connectivity index (χ4n) is 2.45. The van der Waals surface area contributed by atoms with Gasteiger partial charge in [0.25, 0.3) is 0 Å². The van der Waals surface area contributed by atoms with Gasteiger partial charge in [-0.1, -0.05) is 6.07 Å². The van der Waals surface area contributed by atoms with Crippen LogP contribution in [-0.4, -0.2) is 31.0 Å². The first-order valence-electron chi connectivity index (χ1n) is 6.59. The molecule has 0 bridgehead atoms. The Morgan fingerprint density at radius 1 is 1.45 bits per heavy atom. The van der Waals surface area contributed by atoms with E-state index >= 15 is 0 Å². The summed E-state index contributed by atoms with van der Waals surface area (Å²) in [5, 5.41) is 12.1. The van der Waals surface area contributed by atoms with Crippen molar-refractivity contribution in [1.29, 1.82) is 0 Å². The molecule has 0 spiro atoms.